The maximum atomic E-state index is 13.5. The van der Waals surface area contributed by atoms with Gasteiger partial charge in [-0.25, -0.2) is 14.4 Å². The highest BCUT2D eigenvalue weighted by Crippen LogP contribution is 2.35. The fourth-order valence-electron chi connectivity index (χ4n) is 4.16. The molecule has 1 saturated heterocycles. The maximum Gasteiger partial charge on any atom is 0.162 e. The summed E-state index contributed by atoms with van der Waals surface area (Å²) < 4.78 is 31.2. The van der Waals surface area contributed by atoms with Crippen molar-refractivity contribution in [3.05, 3.63) is 47.5 Å². The zero-order valence-electron chi connectivity index (χ0n) is 21.0. The standard InChI is InChI=1S/C26H33ClFN5O3/c1-32(2)10-12-35-19-7-9-33(16-19)8-4-11-36-25-14-20-23(15-24(25)34-3)29-17-30-26(20)31-18-5-6-22(28)21(27)13-18/h5-6,13-15,17,19H,4,7-12,16H2,1-3H3,(H,29,30,31). The molecule has 2 aromatic carbocycles. The number of nitrogens with zero attached hydrogens (tertiary/aromatic N) is 4. The molecule has 1 aromatic heterocycles. The average Bonchev–Trinajstić information content (AvgIpc) is 3.31. The molecule has 4 rings (SSSR count). The van der Waals surface area contributed by atoms with E-state index in [0.717, 1.165) is 51.0 Å². The third-order valence-electron chi connectivity index (χ3n) is 6.10. The smallest absolute Gasteiger partial charge is 0.162 e. The van der Waals surface area contributed by atoms with Gasteiger partial charge < -0.3 is 29.3 Å². The molecule has 0 saturated carbocycles. The van der Waals surface area contributed by atoms with E-state index >= 15 is 0 Å². The molecule has 194 valence electrons. The molecular weight excluding hydrogens is 485 g/mol. The molecule has 1 unspecified atom stereocenters. The lowest BCUT2D eigenvalue weighted by atomic mass is 10.2. The molecular formula is C26H33ClFN5O3. The van der Waals surface area contributed by atoms with Crippen LogP contribution in [0, 0.1) is 5.82 Å². The quantitative estimate of drug-likeness (QED) is 0.350. The molecule has 8 nitrogen and oxygen atoms in total. The van der Waals surface area contributed by atoms with Crippen LogP contribution < -0.4 is 14.8 Å². The van der Waals surface area contributed by atoms with Crippen LogP contribution >= 0.6 is 11.6 Å². The van der Waals surface area contributed by atoms with Crippen LogP contribution in [-0.4, -0.2) is 86.5 Å². The summed E-state index contributed by atoms with van der Waals surface area (Å²) in [5.41, 5.74) is 1.32. The van der Waals surface area contributed by atoms with E-state index < -0.39 is 5.82 Å². The van der Waals surface area contributed by atoms with Gasteiger partial charge in [-0.05, 0) is 51.2 Å². The molecule has 1 aliphatic rings. The molecule has 0 amide bonds. The van der Waals surface area contributed by atoms with Crippen molar-refractivity contribution in [1.29, 1.82) is 0 Å². The Kier molecular flexibility index (Phi) is 9.14. The summed E-state index contributed by atoms with van der Waals surface area (Å²) in [6, 6.07) is 8.12. The zero-order chi connectivity index (χ0) is 25.5. The number of hydrogen-bond acceptors (Lipinski definition) is 8. The second kappa shape index (κ2) is 12.5. The highest BCUT2D eigenvalue weighted by molar-refractivity contribution is 6.31. The van der Waals surface area contributed by atoms with Crippen molar-refractivity contribution < 1.29 is 18.6 Å². The van der Waals surface area contributed by atoms with Gasteiger partial charge in [-0.1, -0.05) is 11.6 Å². The van der Waals surface area contributed by atoms with Crippen LogP contribution in [0.5, 0.6) is 11.5 Å². The maximum absolute atomic E-state index is 13.5. The van der Waals surface area contributed by atoms with Crippen LogP contribution in [0.1, 0.15) is 12.8 Å². The number of nitrogens with one attached hydrogen (secondary N) is 1. The summed E-state index contributed by atoms with van der Waals surface area (Å²) in [5, 5.41) is 3.98. The topological polar surface area (TPSA) is 72.0 Å². The third-order valence-corrected chi connectivity index (χ3v) is 6.39. The van der Waals surface area contributed by atoms with Crippen molar-refractivity contribution in [2.45, 2.75) is 18.9 Å². The minimum atomic E-state index is -0.475. The summed E-state index contributed by atoms with van der Waals surface area (Å²) in [5.74, 6) is 1.31. The summed E-state index contributed by atoms with van der Waals surface area (Å²) in [4.78, 5) is 13.3. The SMILES string of the molecule is COc1cc2ncnc(Nc3ccc(F)c(Cl)c3)c2cc1OCCCN1CCC(OCCN(C)C)C1. The van der Waals surface area contributed by atoms with Crippen LogP contribution in [0.2, 0.25) is 5.02 Å². The highest BCUT2D eigenvalue weighted by atomic mass is 35.5. The first-order chi connectivity index (χ1) is 17.4. The highest BCUT2D eigenvalue weighted by Gasteiger charge is 2.22. The fourth-order valence-corrected chi connectivity index (χ4v) is 4.34. The molecule has 0 radical (unpaired) electrons. The van der Waals surface area contributed by atoms with Crippen LogP contribution in [0.15, 0.2) is 36.7 Å². The van der Waals surface area contributed by atoms with Crippen molar-refractivity contribution in [3.8, 4) is 11.5 Å². The number of benzene rings is 2. The lowest BCUT2D eigenvalue weighted by Gasteiger charge is -2.18. The number of likely N-dealkylation sites (N-methyl/N-ethyl adjacent to an activating group) is 1. The molecule has 2 heterocycles. The van der Waals surface area contributed by atoms with Gasteiger partial charge in [0.25, 0.3) is 0 Å². The molecule has 1 N–H and O–H groups in total. The van der Waals surface area contributed by atoms with Gasteiger partial charge in [-0.3, -0.25) is 0 Å². The average molecular weight is 518 g/mol. The number of aromatic nitrogens is 2. The minimum absolute atomic E-state index is 0.0357. The number of rotatable bonds is 12. The number of likely N-dealkylation sites (tertiary alicyclic amines) is 1. The Morgan fingerprint density at radius 3 is 2.81 bits per heavy atom. The number of halogens is 2. The number of ether oxygens (including phenoxy) is 3. The van der Waals surface area contributed by atoms with E-state index in [1.807, 2.05) is 12.1 Å². The van der Waals surface area contributed by atoms with Gasteiger partial charge in [-0.2, -0.15) is 0 Å². The Morgan fingerprint density at radius 1 is 1.17 bits per heavy atom. The monoisotopic (exact) mass is 517 g/mol. The van der Waals surface area contributed by atoms with Crippen molar-refractivity contribution in [1.82, 2.24) is 19.8 Å². The van der Waals surface area contributed by atoms with Gasteiger partial charge >= 0.3 is 0 Å². The van der Waals surface area contributed by atoms with Gasteiger partial charge in [0.1, 0.15) is 18.0 Å². The molecule has 1 atom stereocenters. The fraction of sp³-hybridized carbons (Fsp3) is 0.462. The van der Waals surface area contributed by atoms with Crippen molar-refractivity contribution >= 4 is 34.0 Å². The zero-order valence-corrected chi connectivity index (χ0v) is 21.7. The number of anilines is 2. The first-order valence-corrected chi connectivity index (χ1v) is 12.5. The van der Waals surface area contributed by atoms with Crippen molar-refractivity contribution in [2.75, 3.05) is 65.9 Å². The Labute approximate surface area is 216 Å². The second-order valence-corrected chi connectivity index (χ2v) is 9.49. The summed E-state index contributed by atoms with van der Waals surface area (Å²) >= 11 is 5.93. The second-order valence-electron chi connectivity index (χ2n) is 9.08. The van der Waals surface area contributed by atoms with Gasteiger partial charge in [-0.15, -0.1) is 0 Å². The lowest BCUT2D eigenvalue weighted by molar-refractivity contribution is 0.0496. The van der Waals surface area contributed by atoms with Crippen LogP contribution in [-0.2, 0) is 4.74 Å². The number of methoxy groups -OCH3 is 1. The third kappa shape index (κ3) is 6.94. The Bertz CT molecular complexity index is 1170. The first-order valence-electron chi connectivity index (χ1n) is 12.1. The van der Waals surface area contributed by atoms with Gasteiger partial charge in [0, 0.05) is 43.3 Å². The predicted molar refractivity (Wildman–Crippen MR) is 140 cm³/mol. The molecule has 0 aliphatic carbocycles. The molecule has 10 heteroatoms. The summed E-state index contributed by atoms with van der Waals surface area (Å²) in [6.07, 6.45) is 3.73. The van der Waals surface area contributed by atoms with Gasteiger partial charge in [0.2, 0.25) is 0 Å². The van der Waals surface area contributed by atoms with E-state index in [0.29, 0.717) is 41.2 Å². The molecule has 1 aliphatic heterocycles. The summed E-state index contributed by atoms with van der Waals surface area (Å²) in [6.45, 7) is 5.22. The van der Waals surface area contributed by atoms with Crippen molar-refractivity contribution in [2.24, 2.45) is 0 Å². The van der Waals surface area contributed by atoms with E-state index in [9.17, 15) is 4.39 Å². The normalized spacial score (nSPS) is 16.1. The molecule has 0 spiro atoms. The summed E-state index contributed by atoms with van der Waals surface area (Å²) in [7, 11) is 5.72. The Hall–Kier alpha value is -2.72. The number of hydrogen-bond donors (Lipinski definition) is 1. The Morgan fingerprint density at radius 2 is 2.03 bits per heavy atom. The van der Waals surface area contributed by atoms with E-state index in [4.69, 9.17) is 25.8 Å². The van der Waals surface area contributed by atoms with E-state index in [2.05, 4.69) is 39.2 Å². The largest absolute Gasteiger partial charge is 0.493 e. The first kappa shape index (κ1) is 26.3. The van der Waals surface area contributed by atoms with Crippen LogP contribution in [0.4, 0.5) is 15.9 Å². The van der Waals surface area contributed by atoms with E-state index in [1.54, 1.807) is 13.2 Å². The molecule has 3 aromatic rings. The van der Waals surface area contributed by atoms with Gasteiger partial charge in [0.15, 0.2) is 11.5 Å². The number of fused-ring (bicyclic) bond motifs is 1. The predicted octanol–water partition coefficient (Wildman–Crippen LogP) is 4.60. The van der Waals surface area contributed by atoms with Crippen molar-refractivity contribution in [3.63, 3.8) is 0 Å². The van der Waals surface area contributed by atoms with Crippen LogP contribution in [0.25, 0.3) is 10.9 Å². The van der Waals surface area contributed by atoms with Crippen LogP contribution in [0.3, 0.4) is 0 Å². The molecule has 0 bridgehead atoms. The minimum Gasteiger partial charge on any atom is -0.493 e. The van der Waals surface area contributed by atoms with E-state index in [1.165, 1.54) is 18.5 Å². The van der Waals surface area contributed by atoms with Gasteiger partial charge in [0.05, 0.1) is 37.0 Å². The molecule has 36 heavy (non-hydrogen) atoms. The molecule has 1 fully saturated rings. The lowest BCUT2D eigenvalue weighted by Crippen LogP contribution is -2.27. The Balaban J connectivity index is 1.36. The van der Waals surface area contributed by atoms with E-state index in [-0.39, 0.29) is 5.02 Å².